The van der Waals surface area contributed by atoms with Crippen LogP contribution in [0.3, 0.4) is 0 Å². The Kier molecular flexibility index (Phi) is 3.33. The van der Waals surface area contributed by atoms with Gasteiger partial charge in [-0.1, -0.05) is 24.9 Å². The third-order valence-corrected chi connectivity index (χ3v) is 3.24. The Balaban J connectivity index is 2.71. The molecule has 1 aromatic rings. The number of unbranched alkanes of at least 4 members (excludes halogenated alkanes) is 1. The SMILES string of the molecule is CCCCn1scc(Br)c1=O. The number of hydrogen-bond donors (Lipinski definition) is 0. The second kappa shape index (κ2) is 4.07. The van der Waals surface area contributed by atoms with Crippen LogP contribution < -0.4 is 5.56 Å². The third kappa shape index (κ3) is 2.17. The average Bonchev–Trinajstić information content (AvgIpc) is 2.31. The number of aryl methyl sites for hydroxylation is 1. The second-order valence-corrected chi connectivity index (χ2v) is 4.07. The quantitative estimate of drug-likeness (QED) is 0.790. The van der Waals surface area contributed by atoms with Crippen molar-refractivity contribution in [3.63, 3.8) is 0 Å². The molecule has 0 radical (unpaired) electrons. The third-order valence-electron chi connectivity index (χ3n) is 1.43. The van der Waals surface area contributed by atoms with Gasteiger partial charge in [0.05, 0.1) is 4.47 Å². The summed E-state index contributed by atoms with van der Waals surface area (Å²) in [6.45, 7) is 2.97. The van der Waals surface area contributed by atoms with Gasteiger partial charge in [0.25, 0.3) is 5.56 Å². The van der Waals surface area contributed by atoms with E-state index >= 15 is 0 Å². The van der Waals surface area contributed by atoms with Gasteiger partial charge in [0.2, 0.25) is 0 Å². The first-order chi connectivity index (χ1) is 5.25. The van der Waals surface area contributed by atoms with Gasteiger partial charge in [-0.3, -0.25) is 8.75 Å². The lowest BCUT2D eigenvalue weighted by Crippen LogP contribution is -2.13. The summed E-state index contributed by atoms with van der Waals surface area (Å²) in [5.41, 5.74) is 0.100. The summed E-state index contributed by atoms with van der Waals surface area (Å²) < 4.78 is 2.45. The molecular weight excluding hydrogens is 226 g/mol. The van der Waals surface area contributed by atoms with E-state index in [1.165, 1.54) is 11.5 Å². The van der Waals surface area contributed by atoms with E-state index in [2.05, 4.69) is 22.9 Å². The molecule has 0 fully saturated rings. The Morgan fingerprint density at radius 3 is 2.91 bits per heavy atom. The van der Waals surface area contributed by atoms with Gasteiger partial charge >= 0.3 is 0 Å². The summed E-state index contributed by atoms with van der Waals surface area (Å²) in [5.74, 6) is 0. The predicted molar refractivity (Wildman–Crippen MR) is 51.2 cm³/mol. The zero-order valence-electron chi connectivity index (χ0n) is 6.34. The van der Waals surface area contributed by atoms with E-state index in [1.54, 1.807) is 3.96 Å². The Hall–Kier alpha value is -0.0900. The Morgan fingerprint density at radius 2 is 2.45 bits per heavy atom. The molecule has 0 aliphatic carbocycles. The molecule has 0 bridgehead atoms. The van der Waals surface area contributed by atoms with Crippen molar-refractivity contribution in [1.82, 2.24) is 3.96 Å². The van der Waals surface area contributed by atoms with Gasteiger partial charge < -0.3 is 0 Å². The van der Waals surface area contributed by atoms with Crippen molar-refractivity contribution < 1.29 is 0 Å². The Bertz CT molecular complexity index is 278. The highest BCUT2D eigenvalue weighted by Crippen LogP contribution is 2.08. The molecule has 0 aliphatic rings. The minimum Gasteiger partial charge on any atom is -0.267 e. The van der Waals surface area contributed by atoms with Crippen LogP contribution in [-0.2, 0) is 6.54 Å². The summed E-state index contributed by atoms with van der Waals surface area (Å²) in [5, 5.41) is 1.83. The summed E-state index contributed by atoms with van der Waals surface area (Å²) in [6, 6.07) is 0. The van der Waals surface area contributed by atoms with Gasteiger partial charge in [0, 0.05) is 11.9 Å². The van der Waals surface area contributed by atoms with Crippen LogP contribution in [0.15, 0.2) is 14.6 Å². The van der Waals surface area contributed by atoms with E-state index in [0.717, 1.165) is 19.4 Å². The zero-order chi connectivity index (χ0) is 8.27. The highest BCUT2D eigenvalue weighted by atomic mass is 79.9. The molecule has 62 valence electrons. The fraction of sp³-hybridized carbons (Fsp3) is 0.571. The molecule has 0 saturated heterocycles. The molecule has 0 unspecified atom stereocenters. The largest absolute Gasteiger partial charge is 0.274 e. The molecule has 11 heavy (non-hydrogen) atoms. The maximum absolute atomic E-state index is 11.2. The predicted octanol–water partition coefficient (Wildman–Crippen LogP) is 2.47. The highest BCUT2D eigenvalue weighted by molar-refractivity contribution is 9.10. The fourth-order valence-corrected chi connectivity index (χ4v) is 2.11. The number of hydrogen-bond acceptors (Lipinski definition) is 2. The molecular formula is C7H10BrNOS. The topological polar surface area (TPSA) is 22.0 Å². The Morgan fingerprint density at radius 1 is 1.73 bits per heavy atom. The monoisotopic (exact) mass is 235 g/mol. The van der Waals surface area contributed by atoms with Crippen LogP contribution in [0, 0.1) is 0 Å². The van der Waals surface area contributed by atoms with E-state index in [0.29, 0.717) is 4.47 Å². The standard InChI is InChI=1S/C7H10BrNOS/c1-2-3-4-9-7(10)6(8)5-11-9/h5H,2-4H2,1H3. The second-order valence-electron chi connectivity index (χ2n) is 2.33. The molecule has 0 N–H and O–H groups in total. The molecule has 0 aliphatic heterocycles. The summed E-state index contributed by atoms with van der Waals surface area (Å²) in [6.07, 6.45) is 2.20. The van der Waals surface area contributed by atoms with Crippen molar-refractivity contribution in [1.29, 1.82) is 0 Å². The van der Waals surface area contributed by atoms with Crippen molar-refractivity contribution in [3.8, 4) is 0 Å². The normalized spacial score (nSPS) is 10.4. The first-order valence-electron chi connectivity index (χ1n) is 3.60. The molecule has 1 heterocycles. The molecule has 0 amide bonds. The maximum atomic E-state index is 11.2. The molecule has 0 spiro atoms. The van der Waals surface area contributed by atoms with E-state index in [-0.39, 0.29) is 5.56 Å². The van der Waals surface area contributed by atoms with Crippen LogP contribution >= 0.6 is 27.5 Å². The molecule has 1 rings (SSSR count). The lowest BCUT2D eigenvalue weighted by Gasteiger charge is -1.95. The summed E-state index contributed by atoms with van der Waals surface area (Å²) >= 11 is 4.66. The van der Waals surface area contributed by atoms with Crippen LogP contribution in [0.5, 0.6) is 0 Å². The molecule has 0 atom stereocenters. The number of rotatable bonds is 3. The van der Waals surface area contributed by atoms with E-state index < -0.39 is 0 Å². The van der Waals surface area contributed by atoms with Crippen LogP contribution in [0.4, 0.5) is 0 Å². The minimum absolute atomic E-state index is 0.100. The first-order valence-corrected chi connectivity index (χ1v) is 5.23. The van der Waals surface area contributed by atoms with Crippen molar-refractivity contribution in [2.75, 3.05) is 0 Å². The minimum atomic E-state index is 0.100. The number of halogens is 1. The van der Waals surface area contributed by atoms with Gasteiger partial charge in [-0.05, 0) is 22.4 Å². The lowest BCUT2D eigenvalue weighted by molar-refractivity contribution is 0.657. The van der Waals surface area contributed by atoms with Crippen molar-refractivity contribution in [2.45, 2.75) is 26.3 Å². The first kappa shape index (κ1) is 9.00. The van der Waals surface area contributed by atoms with E-state index in [9.17, 15) is 4.79 Å². The smallest absolute Gasteiger partial charge is 0.267 e. The van der Waals surface area contributed by atoms with Crippen LogP contribution in [0.1, 0.15) is 19.8 Å². The van der Waals surface area contributed by atoms with Crippen molar-refractivity contribution >= 4 is 27.5 Å². The van der Waals surface area contributed by atoms with Gasteiger partial charge in [0.1, 0.15) is 0 Å². The van der Waals surface area contributed by atoms with Crippen molar-refractivity contribution in [2.24, 2.45) is 0 Å². The van der Waals surface area contributed by atoms with Gasteiger partial charge in [-0.25, -0.2) is 0 Å². The van der Waals surface area contributed by atoms with Crippen LogP contribution in [-0.4, -0.2) is 3.96 Å². The Labute approximate surface area is 78.1 Å². The number of nitrogens with zero attached hydrogens (tertiary/aromatic N) is 1. The van der Waals surface area contributed by atoms with Crippen LogP contribution in [0.25, 0.3) is 0 Å². The van der Waals surface area contributed by atoms with E-state index in [1.807, 2.05) is 5.38 Å². The average molecular weight is 236 g/mol. The fourth-order valence-electron chi connectivity index (χ4n) is 0.783. The molecule has 1 aromatic heterocycles. The lowest BCUT2D eigenvalue weighted by atomic mass is 10.3. The van der Waals surface area contributed by atoms with Crippen molar-refractivity contribution in [3.05, 3.63) is 20.2 Å². The van der Waals surface area contributed by atoms with Gasteiger partial charge in [-0.2, -0.15) is 0 Å². The molecule has 0 saturated carbocycles. The van der Waals surface area contributed by atoms with Gasteiger partial charge in [0.15, 0.2) is 0 Å². The highest BCUT2D eigenvalue weighted by Gasteiger charge is 2.01. The van der Waals surface area contributed by atoms with E-state index in [4.69, 9.17) is 0 Å². The maximum Gasteiger partial charge on any atom is 0.274 e. The molecule has 2 nitrogen and oxygen atoms in total. The number of aromatic nitrogens is 1. The van der Waals surface area contributed by atoms with Crippen LogP contribution in [0.2, 0.25) is 0 Å². The summed E-state index contributed by atoms with van der Waals surface area (Å²) in [7, 11) is 0. The van der Waals surface area contributed by atoms with Gasteiger partial charge in [-0.15, -0.1) is 0 Å². The molecule has 0 aromatic carbocycles. The zero-order valence-corrected chi connectivity index (χ0v) is 8.74. The molecule has 4 heteroatoms. The summed E-state index contributed by atoms with van der Waals surface area (Å²) in [4.78, 5) is 11.2.